The molecule has 2 heterocycles. The van der Waals surface area contributed by atoms with Crippen LogP contribution in [0, 0.1) is 0 Å². The van der Waals surface area contributed by atoms with E-state index >= 15 is 0 Å². The van der Waals surface area contributed by atoms with Gasteiger partial charge in [-0.15, -0.1) is 10.2 Å². The lowest BCUT2D eigenvalue weighted by Crippen LogP contribution is -2.23. The molecule has 6 nitrogen and oxygen atoms in total. The second-order valence-corrected chi connectivity index (χ2v) is 5.15. The Kier molecular flexibility index (Phi) is 4.13. The van der Waals surface area contributed by atoms with Gasteiger partial charge in [-0.3, -0.25) is 4.79 Å². The number of carbonyl (C=O) groups is 1. The van der Waals surface area contributed by atoms with Crippen molar-refractivity contribution in [1.29, 1.82) is 0 Å². The summed E-state index contributed by atoms with van der Waals surface area (Å²) in [5.74, 6) is -0.125. The number of carbonyl (C=O) groups excluding carboxylic acids is 1. The summed E-state index contributed by atoms with van der Waals surface area (Å²) >= 11 is 11.8. The summed E-state index contributed by atoms with van der Waals surface area (Å²) in [5.41, 5.74) is 0.727. The zero-order valence-electron chi connectivity index (χ0n) is 11.0. The number of nitrogens with one attached hydrogen (secondary N) is 1. The molecule has 0 aliphatic rings. The van der Waals surface area contributed by atoms with Gasteiger partial charge in [-0.1, -0.05) is 29.3 Å². The molecule has 3 rings (SSSR count). The summed E-state index contributed by atoms with van der Waals surface area (Å²) in [5, 5.41) is 11.1. The fourth-order valence-corrected chi connectivity index (χ4v) is 2.21. The molecular formula is C14H9Cl2N3O3. The average molecular weight is 338 g/mol. The fourth-order valence-electron chi connectivity index (χ4n) is 1.73. The van der Waals surface area contributed by atoms with Crippen LogP contribution in [0.25, 0.3) is 11.7 Å². The highest BCUT2D eigenvalue weighted by molar-refractivity contribution is 6.35. The molecule has 0 aliphatic heterocycles. The van der Waals surface area contributed by atoms with Crippen molar-refractivity contribution in [3.8, 4) is 11.7 Å². The van der Waals surface area contributed by atoms with Crippen LogP contribution in [0.15, 0.2) is 45.4 Å². The lowest BCUT2D eigenvalue weighted by molar-refractivity contribution is 0.0916. The number of rotatable bonds is 4. The van der Waals surface area contributed by atoms with Gasteiger partial charge in [-0.05, 0) is 29.8 Å². The molecule has 0 aliphatic carbocycles. The second-order valence-electron chi connectivity index (χ2n) is 4.31. The maximum Gasteiger partial charge on any atom is 0.309 e. The Morgan fingerprint density at radius 2 is 2.09 bits per heavy atom. The number of amides is 1. The summed E-state index contributed by atoms with van der Waals surface area (Å²) < 4.78 is 10.4. The van der Waals surface area contributed by atoms with Gasteiger partial charge in [0.15, 0.2) is 5.76 Å². The predicted molar refractivity (Wildman–Crippen MR) is 79.6 cm³/mol. The quantitative estimate of drug-likeness (QED) is 0.786. The molecule has 0 saturated carbocycles. The molecule has 0 saturated heterocycles. The third-order valence-electron chi connectivity index (χ3n) is 2.81. The van der Waals surface area contributed by atoms with Crippen LogP contribution in [-0.2, 0) is 6.54 Å². The first kappa shape index (κ1) is 14.6. The first-order valence-electron chi connectivity index (χ1n) is 6.23. The van der Waals surface area contributed by atoms with E-state index in [0.29, 0.717) is 15.8 Å². The highest BCUT2D eigenvalue weighted by Gasteiger charge is 2.17. The highest BCUT2D eigenvalue weighted by atomic mass is 35.5. The van der Waals surface area contributed by atoms with Crippen LogP contribution in [0.2, 0.25) is 10.0 Å². The van der Waals surface area contributed by atoms with Gasteiger partial charge in [0.05, 0.1) is 6.26 Å². The summed E-state index contributed by atoms with van der Waals surface area (Å²) in [7, 11) is 0. The van der Waals surface area contributed by atoms with E-state index in [1.54, 1.807) is 30.3 Å². The van der Waals surface area contributed by atoms with Crippen LogP contribution >= 0.6 is 23.2 Å². The van der Waals surface area contributed by atoms with Crippen LogP contribution in [0.5, 0.6) is 0 Å². The van der Waals surface area contributed by atoms with Crippen molar-refractivity contribution in [2.24, 2.45) is 0 Å². The van der Waals surface area contributed by atoms with Gasteiger partial charge in [-0.2, -0.15) is 0 Å². The molecule has 0 atom stereocenters. The normalized spacial score (nSPS) is 10.6. The second kappa shape index (κ2) is 6.21. The number of hydrogen-bond acceptors (Lipinski definition) is 5. The third-order valence-corrected chi connectivity index (χ3v) is 3.39. The van der Waals surface area contributed by atoms with Gasteiger partial charge < -0.3 is 14.2 Å². The minimum Gasteiger partial charge on any atom is -0.459 e. The Balaban J connectivity index is 1.67. The van der Waals surface area contributed by atoms with Gasteiger partial charge in [0.25, 0.3) is 5.89 Å². The largest absolute Gasteiger partial charge is 0.459 e. The Hall–Kier alpha value is -2.31. The van der Waals surface area contributed by atoms with Gasteiger partial charge in [0, 0.05) is 16.6 Å². The van der Waals surface area contributed by atoms with Crippen molar-refractivity contribution in [3.63, 3.8) is 0 Å². The Morgan fingerprint density at radius 1 is 1.23 bits per heavy atom. The molecule has 1 aromatic carbocycles. The maximum absolute atomic E-state index is 12.0. The molecule has 0 bridgehead atoms. The number of benzene rings is 1. The fraction of sp³-hybridized carbons (Fsp3) is 0.0714. The molecule has 0 fully saturated rings. The summed E-state index contributed by atoms with van der Waals surface area (Å²) in [6.45, 7) is 0.216. The van der Waals surface area contributed by atoms with Crippen LogP contribution < -0.4 is 5.32 Å². The molecule has 0 spiro atoms. The van der Waals surface area contributed by atoms with Crippen LogP contribution in [0.4, 0.5) is 0 Å². The zero-order valence-corrected chi connectivity index (χ0v) is 12.6. The Labute approximate surface area is 135 Å². The van der Waals surface area contributed by atoms with Gasteiger partial charge in [0.2, 0.25) is 0 Å². The Morgan fingerprint density at radius 3 is 2.82 bits per heavy atom. The highest BCUT2D eigenvalue weighted by Crippen LogP contribution is 2.21. The van der Waals surface area contributed by atoms with E-state index < -0.39 is 5.91 Å². The van der Waals surface area contributed by atoms with Crippen LogP contribution in [-0.4, -0.2) is 16.1 Å². The van der Waals surface area contributed by atoms with Gasteiger partial charge >= 0.3 is 11.8 Å². The number of nitrogens with zero attached hydrogens (tertiary/aromatic N) is 2. The minimum absolute atomic E-state index is 0.139. The molecule has 1 N–H and O–H groups in total. The van der Waals surface area contributed by atoms with E-state index in [2.05, 4.69) is 15.5 Å². The summed E-state index contributed by atoms with van der Waals surface area (Å²) in [6, 6.07) is 8.36. The lowest BCUT2D eigenvalue weighted by Gasteiger charge is -2.05. The van der Waals surface area contributed by atoms with Crippen molar-refractivity contribution >= 4 is 29.1 Å². The number of aromatic nitrogens is 2. The summed E-state index contributed by atoms with van der Waals surface area (Å²) in [4.78, 5) is 12.0. The van der Waals surface area contributed by atoms with Crippen molar-refractivity contribution in [2.75, 3.05) is 0 Å². The molecule has 112 valence electrons. The number of hydrogen-bond donors (Lipinski definition) is 1. The van der Waals surface area contributed by atoms with E-state index in [4.69, 9.17) is 32.0 Å². The number of furan rings is 1. The lowest BCUT2D eigenvalue weighted by atomic mass is 10.2. The van der Waals surface area contributed by atoms with E-state index in [1.807, 2.05) is 0 Å². The van der Waals surface area contributed by atoms with Crippen molar-refractivity contribution in [3.05, 3.63) is 58.1 Å². The SMILES string of the molecule is O=C(NCc1ccc(Cl)cc1Cl)c1nnc(-c2ccco2)o1. The number of halogens is 2. The smallest absolute Gasteiger partial charge is 0.309 e. The van der Waals surface area contributed by atoms with Crippen LogP contribution in [0.3, 0.4) is 0 Å². The predicted octanol–water partition coefficient (Wildman–Crippen LogP) is 3.57. The van der Waals surface area contributed by atoms with E-state index in [0.717, 1.165) is 5.56 Å². The van der Waals surface area contributed by atoms with E-state index in [9.17, 15) is 4.79 Å². The molecule has 1 amide bonds. The zero-order chi connectivity index (χ0) is 15.5. The molecule has 22 heavy (non-hydrogen) atoms. The molecule has 0 unspecified atom stereocenters. The first-order chi connectivity index (χ1) is 10.6. The van der Waals surface area contributed by atoms with Crippen molar-refractivity contribution in [2.45, 2.75) is 6.54 Å². The van der Waals surface area contributed by atoms with Crippen molar-refractivity contribution in [1.82, 2.24) is 15.5 Å². The maximum atomic E-state index is 12.0. The van der Waals surface area contributed by atoms with Crippen molar-refractivity contribution < 1.29 is 13.6 Å². The van der Waals surface area contributed by atoms with Gasteiger partial charge in [-0.25, -0.2) is 0 Å². The standard InChI is InChI=1S/C14H9Cl2N3O3/c15-9-4-3-8(10(16)6-9)7-17-12(20)14-19-18-13(22-14)11-2-1-5-21-11/h1-6H,7H2,(H,17,20). The molecule has 2 aromatic heterocycles. The third kappa shape index (κ3) is 3.13. The van der Waals surface area contributed by atoms with E-state index in [-0.39, 0.29) is 18.3 Å². The summed E-state index contributed by atoms with van der Waals surface area (Å²) in [6.07, 6.45) is 1.47. The molecular weight excluding hydrogens is 329 g/mol. The van der Waals surface area contributed by atoms with Gasteiger partial charge in [0.1, 0.15) is 0 Å². The monoisotopic (exact) mass is 337 g/mol. The van der Waals surface area contributed by atoms with Crippen LogP contribution in [0.1, 0.15) is 16.2 Å². The topological polar surface area (TPSA) is 81.2 Å². The first-order valence-corrected chi connectivity index (χ1v) is 6.98. The average Bonchev–Trinajstić information content (AvgIpc) is 3.17. The molecule has 8 heteroatoms. The Bertz CT molecular complexity index is 800. The molecule has 0 radical (unpaired) electrons. The van der Waals surface area contributed by atoms with E-state index in [1.165, 1.54) is 6.26 Å². The minimum atomic E-state index is -0.503. The molecule has 3 aromatic rings.